The number of amides is 3. The third-order valence-electron chi connectivity index (χ3n) is 4.81. The fourth-order valence-corrected chi connectivity index (χ4v) is 4.71. The largest absolute Gasteiger partial charge is 0.452 e. The molecule has 156 valence electrons. The first kappa shape index (κ1) is 21.0. The molecule has 0 spiro atoms. The van der Waals surface area contributed by atoms with Crippen molar-refractivity contribution in [2.45, 2.75) is 58.5 Å². The van der Waals surface area contributed by atoms with E-state index in [0.29, 0.717) is 16.0 Å². The summed E-state index contributed by atoms with van der Waals surface area (Å²) >= 11 is 1.54. The molecule has 0 aromatic carbocycles. The number of carbonyl (C=O) groups is 3. The summed E-state index contributed by atoms with van der Waals surface area (Å²) in [5.41, 5.74) is 5.87. The van der Waals surface area contributed by atoms with Crippen LogP contribution < -0.4 is 16.6 Å². The summed E-state index contributed by atoms with van der Waals surface area (Å²) in [6.45, 7) is 3.37. The van der Waals surface area contributed by atoms with Gasteiger partial charge < -0.3 is 15.5 Å². The Kier molecular flexibility index (Phi) is 6.31. The first-order valence-electron chi connectivity index (χ1n) is 9.59. The number of ether oxygens (including phenoxy) is 1. The van der Waals surface area contributed by atoms with E-state index < -0.39 is 24.0 Å². The van der Waals surface area contributed by atoms with Gasteiger partial charge in [0.15, 0.2) is 6.10 Å². The molecule has 2 aromatic heterocycles. The molecular weight excluding hydrogens is 396 g/mol. The number of fused-ring (bicyclic) bond motifs is 3. The molecule has 0 aliphatic heterocycles. The number of hydrogen-bond acceptors (Lipinski definition) is 7. The fraction of sp³-hybridized carbons (Fsp3) is 0.526. The molecule has 3 rings (SSSR count). The van der Waals surface area contributed by atoms with Crippen LogP contribution in [0.1, 0.15) is 49.4 Å². The van der Waals surface area contributed by atoms with Crippen LogP contribution in [0.15, 0.2) is 4.79 Å². The van der Waals surface area contributed by atoms with Crippen molar-refractivity contribution in [3.63, 3.8) is 0 Å². The topological polar surface area (TPSA) is 144 Å². The molecule has 4 N–H and O–H groups in total. The third kappa shape index (κ3) is 4.81. The number of aryl methyl sites for hydroxylation is 3. The van der Waals surface area contributed by atoms with E-state index in [-0.39, 0.29) is 24.3 Å². The van der Waals surface area contributed by atoms with Gasteiger partial charge in [0.25, 0.3) is 11.5 Å². The van der Waals surface area contributed by atoms with Crippen LogP contribution in [-0.4, -0.2) is 34.0 Å². The minimum atomic E-state index is -1.13. The number of urea groups is 1. The molecule has 0 bridgehead atoms. The molecule has 1 atom stereocenters. The number of primary amides is 1. The van der Waals surface area contributed by atoms with Gasteiger partial charge in [-0.15, -0.1) is 11.3 Å². The molecule has 0 saturated carbocycles. The van der Waals surface area contributed by atoms with Gasteiger partial charge in [0.2, 0.25) is 0 Å². The lowest BCUT2D eigenvalue weighted by Crippen LogP contribution is -2.45. The summed E-state index contributed by atoms with van der Waals surface area (Å²) in [5.74, 6) is -1.33. The van der Waals surface area contributed by atoms with Crippen LogP contribution in [0.4, 0.5) is 4.79 Å². The van der Waals surface area contributed by atoms with Crippen LogP contribution in [-0.2, 0) is 33.6 Å². The van der Waals surface area contributed by atoms with Gasteiger partial charge in [0.1, 0.15) is 10.7 Å². The van der Waals surface area contributed by atoms with Gasteiger partial charge in [0, 0.05) is 11.3 Å². The van der Waals surface area contributed by atoms with Crippen molar-refractivity contribution < 1.29 is 19.1 Å². The smallest absolute Gasteiger partial charge is 0.318 e. The number of esters is 1. The minimum absolute atomic E-state index is 0.0629. The van der Waals surface area contributed by atoms with Gasteiger partial charge in [-0.3, -0.25) is 19.7 Å². The van der Waals surface area contributed by atoms with Gasteiger partial charge in [-0.05, 0) is 37.2 Å². The number of imide groups is 1. The van der Waals surface area contributed by atoms with Crippen LogP contribution >= 0.6 is 11.3 Å². The normalized spacial score (nSPS) is 14.4. The summed E-state index contributed by atoms with van der Waals surface area (Å²) in [7, 11) is 0. The van der Waals surface area contributed by atoms with Crippen molar-refractivity contribution in [1.82, 2.24) is 15.3 Å². The highest BCUT2D eigenvalue weighted by Crippen LogP contribution is 2.33. The Morgan fingerprint density at radius 2 is 2.00 bits per heavy atom. The first-order valence-corrected chi connectivity index (χ1v) is 10.4. The molecule has 10 heteroatoms. The van der Waals surface area contributed by atoms with Crippen molar-refractivity contribution in [1.29, 1.82) is 0 Å². The molecular formula is C19H24N4O5S. The van der Waals surface area contributed by atoms with E-state index in [9.17, 15) is 19.2 Å². The number of aromatic nitrogens is 2. The van der Waals surface area contributed by atoms with Gasteiger partial charge in [-0.1, -0.05) is 13.8 Å². The molecule has 1 aliphatic rings. The second kappa shape index (κ2) is 8.73. The maximum Gasteiger partial charge on any atom is 0.318 e. The van der Waals surface area contributed by atoms with Crippen LogP contribution in [0.2, 0.25) is 0 Å². The summed E-state index contributed by atoms with van der Waals surface area (Å²) in [4.78, 5) is 56.7. The second-order valence-electron chi connectivity index (χ2n) is 7.41. The van der Waals surface area contributed by atoms with Crippen molar-refractivity contribution in [3.05, 3.63) is 26.6 Å². The summed E-state index contributed by atoms with van der Waals surface area (Å²) in [6.07, 6.45) is 3.05. The Hall–Kier alpha value is -2.75. The Morgan fingerprint density at radius 3 is 2.69 bits per heavy atom. The van der Waals surface area contributed by atoms with Gasteiger partial charge in [-0.25, -0.2) is 9.78 Å². The lowest BCUT2D eigenvalue weighted by Gasteiger charge is -2.19. The number of carbonyl (C=O) groups excluding carboxylic acids is 3. The van der Waals surface area contributed by atoms with E-state index in [4.69, 9.17) is 10.5 Å². The van der Waals surface area contributed by atoms with Crippen LogP contribution in [0.3, 0.4) is 0 Å². The Bertz CT molecular complexity index is 1010. The molecule has 0 fully saturated rings. The van der Waals surface area contributed by atoms with Crippen LogP contribution in [0.25, 0.3) is 10.2 Å². The molecule has 0 radical (unpaired) electrons. The Morgan fingerprint density at radius 1 is 1.28 bits per heavy atom. The first-order chi connectivity index (χ1) is 13.8. The van der Waals surface area contributed by atoms with Crippen molar-refractivity contribution >= 4 is 39.5 Å². The molecule has 3 amide bonds. The molecule has 0 unspecified atom stereocenters. The zero-order valence-corrected chi connectivity index (χ0v) is 17.2. The monoisotopic (exact) mass is 420 g/mol. The molecule has 9 nitrogen and oxygen atoms in total. The Balaban J connectivity index is 1.68. The van der Waals surface area contributed by atoms with Crippen molar-refractivity contribution in [2.24, 2.45) is 11.7 Å². The van der Waals surface area contributed by atoms with E-state index in [0.717, 1.165) is 31.2 Å². The number of rotatable bonds is 6. The van der Waals surface area contributed by atoms with Crippen LogP contribution in [0, 0.1) is 5.92 Å². The highest BCUT2D eigenvalue weighted by atomic mass is 32.1. The van der Waals surface area contributed by atoms with Gasteiger partial charge in [0.05, 0.1) is 11.8 Å². The van der Waals surface area contributed by atoms with Crippen molar-refractivity contribution in [2.75, 3.05) is 0 Å². The average molecular weight is 420 g/mol. The predicted octanol–water partition coefficient (Wildman–Crippen LogP) is 1.56. The number of H-pyrrole nitrogens is 1. The summed E-state index contributed by atoms with van der Waals surface area (Å²) in [6, 6.07) is -1.01. The molecule has 2 aromatic rings. The minimum Gasteiger partial charge on any atom is -0.452 e. The lowest BCUT2D eigenvalue weighted by atomic mass is 9.97. The highest BCUT2D eigenvalue weighted by Gasteiger charge is 2.27. The van der Waals surface area contributed by atoms with Crippen molar-refractivity contribution in [3.8, 4) is 0 Å². The third-order valence-corrected chi connectivity index (χ3v) is 5.99. The molecule has 1 aliphatic carbocycles. The lowest BCUT2D eigenvalue weighted by molar-refractivity contribution is -0.158. The number of nitrogens with zero attached hydrogens (tertiary/aromatic N) is 1. The number of nitrogens with one attached hydrogen (secondary N) is 2. The summed E-state index contributed by atoms with van der Waals surface area (Å²) in [5, 5.41) is 2.58. The molecule has 0 saturated heterocycles. The number of nitrogens with two attached hydrogens (primary N) is 1. The maximum absolute atomic E-state index is 12.5. The molecule has 29 heavy (non-hydrogen) atoms. The fourth-order valence-electron chi connectivity index (χ4n) is 3.43. The van der Waals surface area contributed by atoms with E-state index in [1.165, 1.54) is 4.88 Å². The quantitative estimate of drug-likeness (QED) is 0.605. The predicted molar refractivity (Wildman–Crippen MR) is 108 cm³/mol. The average Bonchev–Trinajstić information content (AvgIpc) is 3.02. The van der Waals surface area contributed by atoms with E-state index in [1.54, 1.807) is 25.2 Å². The second-order valence-corrected chi connectivity index (χ2v) is 8.50. The van der Waals surface area contributed by atoms with Gasteiger partial charge >= 0.3 is 12.0 Å². The molecule has 2 heterocycles. The number of thiophene rings is 1. The maximum atomic E-state index is 12.5. The number of hydrogen-bond donors (Lipinski definition) is 3. The number of aromatic amines is 1. The highest BCUT2D eigenvalue weighted by molar-refractivity contribution is 7.18. The summed E-state index contributed by atoms with van der Waals surface area (Å²) < 4.78 is 5.20. The SMILES string of the molecule is CC(C)[C@H](OC(=O)CCc1nc2sc3c(c2c(=O)[nH]1)CCCC3)C(=O)NC(N)=O. The van der Waals surface area contributed by atoms with Crippen LogP contribution in [0.5, 0.6) is 0 Å². The van der Waals surface area contributed by atoms with Gasteiger partial charge in [-0.2, -0.15) is 0 Å². The standard InChI is InChI=1S/C19H24N4O5S/c1-9(2)15(17(26)23-19(20)27)28-13(24)8-7-12-21-16(25)14-10-5-3-4-6-11(10)29-18(14)22-12/h9,15H,3-8H2,1-2H3,(H,21,22,25)(H3,20,23,26,27)/t15-/m0/s1. The van der Waals surface area contributed by atoms with E-state index in [2.05, 4.69) is 9.97 Å². The van der Waals surface area contributed by atoms with E-state index in [1.807, 2.05) is 5.32 Å². The Labute approximate surface area is 171 Å². The zero-order valence-electron chi connectivity index (χ0n) is 16.4. The van der Waals surface area contributed by atoms with E-state index >= 15 is 0 Å². The zero-order chi connectivity index (χ0) is 21.1.